The number of hydrogen-bond donors (Lipinski definition) is 0. The number of hydrogen-bond acceptors (Lipinski definition) is 4. The molecule has 0 saturated carbocycles. The summed E-state index contributed by atoms with van der Waals surface area (Å²) in [4.78, 5) is 2.39. The van der Waals surface area contributed by atoms with Crippen molar-refractivity contribution in [1.29, 1.82) is 0 Å². The fraction of sp³-hybridized carbons (Fsp3) is 0.556. The second kappa shape index (κ2) is 7.54. The summed E-state index contributed by atoms with van der Waals surface area (Å²) in [7, 11) is 0. The van der Waals surface area contributed by atoms with Gasteiger partial charge < -0.3 is 4.42 Å². The molecular formula is C18H27N3O. The van der Waals surface area contributed by atoms with E-state index in [0.717, 1.165) is 25.2 Å². The Labute approximate surface area is 133 Å². The maximum absolute atomic E-state index is 5.85. The highest BCUT2D eigenvalue weighted by Crippen LogP contribution is 2.19. The summed E-state index contributed by atoms with van der Waals surface area (Å²) >= 11 is 0. The van der Waals surface area contributed by atoms with E-state index in [0.29, 0.717) is 23.6 Å². The molecule has 0 bridgehead atoms. The lowest BCUT2D eigenvalue weighted by atomic mass is 10.1. The van der Waals surface area contributed by atoms with Crippen molar-refractivity contribution in [2.45, 2.75) is 41.2 Å². The highest BCUT2D eigenvalue weighted by molar-refractivity contribution is 5.53. The van der Waals surface area contributed by atoms with Gasteiger partial charge in [0.2, 0.25) is 11.8 Å². The van der Waals surface area contributed by atoms with Gasteiger partial charge >= 0.3 is 0 Å². The molecule has 0 unspecified atom stereocenters. The zero-order chi connectivity index (χ0) is 16.1. The smallest absolute Gasteiger partial charge is 0.247 e. The summed E-state index contributed by atoms with van der Waals surface area (Å²) in [6, 6.07) is 8.15. The van der Waals surface area contributed by atoms with E-state index >= 15 is 0 Å². The summed E-state index contributed by atoms with van der Waals surface area (Å²) in [5, 5.41) is 8.41. The number of benzene rings is 1. The van der Waals surface area contributed by atoms with Gasteiger partial charge in [0.25, 0.3) is 0 Å². The van der Waals surface area contributed by atoms with Crippen molar-refractivity contribution in [2.24, 2.45) is 11.8 Å². The lowest BCUT2D eigenvalue weighted by Gasteiger charge is -2.24. The Morgan fingerprint density at radius 2 is 1.73 bits per heavy atom. The van der Waals surface area contributed by atoms with Crippen molar-refractivity contribution in [3.63, 3.8) is 0 Å². The summed E-state index contributed by atoms with van der Waals surface area (Å²) in [6.07, 6.45) is 0. The molecule has 0 spiro atoms. The van der Waals surface area contributed by atoms with Crippen molar-refractivity contribution in [1.82, 2.24) is 15.1 Å². The lowest BCUT2D eigenvalue weighted by Crippen LogP contribution is -2.31. The van der Waals surface area contributed by atoms with Crippen molar-refractivity contribution >= 4 is 0 Å². The van der Waals surface area contributed by atoms with Crippen LogP contribution in [0.2, 0.25) is 0 Å². The van der Waals surface area contributed by atoms with Crippen LogP contribution >= 0.6 is 0 Å². The average molecular weight is 301 g/mol. The summed E-state index contributed by atoms with van der Waals surface area (Å²) < 4.78 is 5.85. The van der Waals surface area contributed by atoms with Crippen molar-refractivity contribution in [3.05, 3.63) is 35.7 Å². The third-order valence-corrected chi connectivity index (χ3v) is 3.34. The molecule has 2 aromatic rings. The highest BCUT2D eigenvalue weighted by Gasteiger charge is 2.15. The number of aryl methyl sites for hydroxylation is 1. The molecule has 0 saturated heterocycles. The Hall–Kier alpha value is -1.68. The minimum absolute atomic E-state index is 0.604. The van der Waals surface area contributed by atoms with Gasteiger partial charge in [-0.15, -0.1) is 10.2 Å². The van der Waals surface area contributed by atoms with Gasteiger partial charge in [0.05, 0.1) is 6.54 Å². The zero-order valence-corrected chi connectivity index (χ0v) is 14.3. The third kappa shape index (κ3) is 4.95. The second-order valence-corrected chi connectivity index (χ2v) is 6.85. The molecule has 0 aliphatic rings. The highest BCUT2D eigenvalue weighted by atomic mass is 16.4. The molecule has 0 N–H and O–H groups in total. The molecule has 0 amide bonds. The van der Waals surface area contributed by atoms with Gasteiger partial charge in [-0.05, 0) is 30.9 Å². The van der Waals surface area contributed by atoms with Crippen LogP contribution in [0.4, 0.5) is 0 Å². The van der Waals surface area contributed by atoms with Gasteiger partial charge in [0, 0.05) is 18.7 Å². The maximum atomic E-state index is 5.85. The van der Waals surface area contributed by atoms with E-state index in [1.807, 2.05) is 12.1 Å². The molecule has 0 atom stereocenters. The van der Waals surface area contributed by atoms with Gasteiger partial charge in [-0.25, -0.2) is 0 Å². The Balaban J connectivity index is 2.09. The fourth-order valence-corrected chi connectivity index (χ4v) is 2.64. The van der Waals surface area contributed by atoms with Gasteiger partial charge in [-0.2, -0.15) is 0 Å². The number of aromatic nitrogens is 2. The van der Waals surface area contributed by atoms with E-state index in [1.165, 1.54) is 5.56 Å². The van der Waals surface area contributed by atoms with Crippen LogP contribution < -0.4 is 0 Å². The predicted octanol–water partition coefficient (Wildman–Crippen LogP) is 4.16. The molecule has 4 nitrogen and oxygen atoms in total. The first-order chi connectivity index (χ1) is 10.4. The molecule has 1 aromatic heterocycles. The van der Waals surface area contributed by atoms with Crippen LogP contribution in [-0.2, 0) is 6.54 Å². The molecule has 2 rings (SSSR count). The van der Waals surface area contributed by atoms with Crippen molar-refractivity contribution in [3.8, 4) is 11.5 Å². The van der Waals surface area contributed by atoms with Crippen LogP contribution in [0.1, 0.15) is 39.1 Å². The van der Waals surface area contributed by atoms with Crippen LogP contribution in [0.25, 0.3) is 11.5 Å². The van der Waals surface area contributed by atoms with E-state index in [9.17, 15) is 0 Å². The average Bonchev–Trinajstić information content (AvgIpc) is 2.85. The second-order valence-electron chi connectivity index (χ2n) is 6.85. The Morgan fingerprint density at radius 3 is 2.32 bits per heavy atom. The predicted molar refractivity (Wildman–Crippen MR) is 89.4 cm³/mol. The van der Waals surface area contributed by atoms with Gasteiger partial charge in [0.15, 0.2) is 0 Å². The Morgan fingerprint density at radius 1 is 1.05 bits per heavy atom. The standard InChI is InChI=1S/C18H27N3O/c1-13(2)10-21(11-14(3)4)12-17-19-20-18(22-17)16-8-6-7-15(5)9-16/h6-9,13-14H,10-12H2,1-5H3. The quantitative estimate of drug-likeness (QED) is 0.770. The van der Waals surface area contributed by atoms with Gasteiger partial charge in [0.1, 0.15) is 0 Å². The van der Waals surface area contributed by atoms with E-state index in [2.05, 4.69) is 61.8 Å². The first kappa shape index (κ1) is 16.7. The molecule has 1 aromatic carbocycles. The molecule has 0 fully saturated rings. The van der Waals surface area contributed by atoms with E-state index in [1.54, 1.807) is 0 Å². The minimum atomic E-state index is 0.604. The number of nitrogens with zero attached hydrogens (tertiary/aromatic N) is 3. The van der Waals surface area contributed by atoms with Crippen LogP contribution in [0.5, 0.6) is 0 Å². The van der Waals surface area contributed by atoms with Crippen LogP contribution in [0.3, 0.4) is 0 Å². The topological polar surface area (TPSA) is 42.2 Å². The molecule has 22 heavy (non-hydrogen) atoms. The van der Waals surface area contributed by atoms with Crippen LogP contribution in [0, 0.1) is 18.8 Å². The zero-order valence-electron chi connectivity index (χ0n) is 14.3. The molecule has 0 radical (unpaired) electrons. The number of rotatable bonds is 7. The molecular weight excluding hydrogens is 274 g/mol. The summed E-state index contributed by atoms with van der Waals surface area (Å²) in [5.74, 6) is 2.54. The van der Waals surface area contributed by atoms with Crippen molar-refractivity contribution in [2.75, 3.05) is 13.1 Å². The summed E-state index contributed by atoms with van der Waals surface area (Å²) in [6.45, 7) is 13.8. The molecule has 0 aliphatic carbocycles. The lowest BCUT2D eigenvalue weighted by molar-refractivity contribution is 0.194. The van der Waals surface area contributed by atoms with Gasteiger partial charge in [-0.3, -0.25) is 4.90 Å². The largest absolute Gasteiger partial charge is 0.419 e. The summed E-state index contributed by atoms with van der Waals surface area (Å²) in [5.41, 5.74) is 2.18. The normalized spacial score (nSPS) is 11.8. The minimum Gasteiger partial charge on any atom is -0.419 e. The van der Waals surface area contributed by atoms with Crippen LogP contribution in [-0.4, -0.2) is 28.2 Å². The van der Waals surface area contributed by atoms with E-state index < -0.39 is 0 Å². The molecule has 0 aliphatic heterocycles. The van der Waals surface area contributed by atoms with Crippen LogP contribution in [0.15, 0.2) is 28.7 Å². The first-order valence-corrected chi connectivity index (χ1v) is 8.05. The van der Waals surface area contributed by atoms with Crippen molar-refractivity contribution < 1.29 is 4.42 Å². The molecule has 4 heteroatoms. The molecule has 1 heterocycles. The van der Waals surface area contributed by atoms with E-state index in [-0.39, 0.29) is 0 Å². The molecule has 120 valence electrons. The van der Waals surface area contributed by atoms with E-state index in [4.69, 9.17) is 4.42 Å². The Bertz CT molecular complexity index is 580. The SMILES string of the molecule is Cc1cccc(-c2nnc(CN(CC(C)C)CC(C)C)o2)c1. The maximum Gasteiger partial charge on any atom is 0.247 e. The fourth-order valence-electron chi connectivity index (χ4n) is 2.64. The third-order valence-electron chi connectivity index (χ3n) is 3.34. The monoisotopic (exact) mass is 301 g/mol. The first-order valence-electron chi connectivity index (χ1n) is 8.05. The Kier molecular flexibility index (Phi) is 5.72. The van der Waals surface area contributed by atoms with Gasteiger partial charge in [-0.1, -0.05) is 45.4 Å².